The highest BCUT2D eigenvalue weighted by Gasteiger charge is 2.27. The number of benzene rings is 1. The molecule has 6 nitrogen and oxygen atoms in total. The molecule has 1 saturated carbocycles. The molecule has 146 valence electrons. The maximum atomic E-state index is 12.5. The van der Waals surface area contributed by atoms with Crippen LogP contribution in [-0.4, -0.2) is 43.2 Å². The van der Waals surface area contributed by atoms with Crippen molar-refractivity contribution >= 4 is 5.91 Å². The molecule has 2 aliphatic rings. The number of likely N-dealkylation sites (tertiary alicyclic amines) is 1. The third-order valence-electron chi connectivity index (χ3n) is 5.40. The molecule has 1 aliphatic heterocycles. The minimum Gasteiger partial charge on any atom is -0.493 e. The molecule has 1 amide bonds. The molecule has 1 saturated heterocycles. The zero-order valence-corrected chi connectivity index (χ0v) is 16.2. The molecule has 27 heavy (non-hydrogen) atoms. The average Bonchev–Trinajstić information content (AvgIpc) is 2.65. The summed E-state index contributed by atoms with van der Waals surface area (Å²) in [5.41, 5.74) is 1.09. The first kappa shape index (κ1) is 19.5. The first-order chi connectivity index (χ1) is 13.1. The van der Waals surface area contributed by atoms with Gasteiger partial charge in [0.15, 0.2) is 17.6 Å². The summed E-state index contributed by atoms with van der Waals surface area (Å²) in [5.74, 6) is 1.27. The number of amides is 1. The number of carbonyl (C=O) groups excluding carboxylic acids is 1. The monoisotopic (exact) mass is 371 g/mol. The van der Waals surface area contributed by atoms with E-state index in [-0.39, 0.29) is 17.9 Å². The Hall–Kier alpha value is -2.26. The van der Waals surface area contributed by atoms with Crippen molar-refractivity contribution in [3.05, 3.63) is 23.8 Å². The van der Waals surface area contributed by atoms with E-state index in [0.29, 0.717) is 11.5 Å². The van der Waals surface area contributed by atoms with Crippen LogP contribution < -0.4 is 14.8 Å². The molecule has 0 radical (unpaired) electrons. The zero-order valence-electron chi connectivity index (χ0n) is 16.2. The number of nitrogens with one attached hydrogen (secondary N) is 1. The molecular formula is C21H29N3O3. The lowest BCUT2D eigenvalue weighted by atomic mass is 9.95. The number of nitriles is 1. The second-order valence-electron chi connectivity index (χ2n) is 7.61. The first-order valence-corrected chi connectivity index (χ1v) is 9.85. The van der Waals surface area contributed by atoms with Crippen molar-refractivity contribution in [3.63, 3.8) is 0 Å². The van der Waals surface area contributed by atoms with Crippen molar-refractivity contribution < 1.29 is 14.3 Å². The molecular weight excluding hydrogens is 342 g/mol. The van der Waals surface area contributed by atoms with Crippen LogP contribution in [0.5, 0.6) is 11.5 Å². The van der Waals surface area contributed by atoms with Crippen molar-refractivity contribution in [2.45, 2.75) is 57.7 Å². The van der Waals surface area contributed by atoms with Gasteiger partial charge in [-0.3, -0.25) is 9.69 Å². The standard InChI is InChI=1S/C21H29N3O3/c1-15(21(25)23-18-6-4-3-5-7-18)27-20-10-16(8-9-19(20)26-2)12-24-13-17(11-22)14-24/h8-10,15,17-18H,3-7,12-14H2,1-2H3,(H,23,25). The molecule has 6 heteroatoms. The second kappa shape index (κ2) is 9.09. The largest absolute Gasteiger partial charge is 0.493 e. The molecule has 1 aromatic carbocycles. The van der Waals surface area contributed by atoms with Crippen LogP contribution in [0.2, 0.25) is 0 Å². The normalized spacial score (nSPS) is 19.6. The van der Waals surface area contributed by atoms with Gasteiger partial charge in [0.2, 0.25) is 0 Å². The summed E-state index contributed by atoms with van der Waals surface area (Å²) < 4.78 is 11.3. The van der Waals surface area contributed by atoms with Gasteiger partial charge in [-0.1, -0.05) is 25.3 Å². The van der Waals surface area contributed by atoms with E-state index >= 15 is 0 Å². The third kappa shape index (κ3) is 5.14. The van der Waals surface area contributed by atoms with E-state index < -0.39 is 6.10 Å². The number of ether oxygens (including phenoxy) is 2. The maximum absolute atomic E-state index is 12.5. The maximum Gasteiger partial charge on any atom is 0.260 e. The van der Waals surface area contributed by atoms with Gasteiger partial charge in [0, 0.05) is 25.7 Å². The molecule has 1 aromatic rings. The van der Waals surface area contributed by atoms with Gasteiger partial charge in [0.05, 0.1) is 19.1 Å². The van der Waals surface area contributed by atoms with Gasteiger partial charge >= 0.3 is 0 Å². The van der Waals surface area contributed by atoms with Gasteiger partial charge in [-0.25, -0.2) is 0 Å². The molecule has 1 atom stereocenters. The predicted molar refractivity (Wildman–Crippen MR) is 102 cm³/mol. The van der Waals surface area contributed by atoms with E-state index in [1.54, 1.807) is 14.0 Å². The van der Waals surface area contributed by atoms with Crippen LogP contribution in [0.1, 0.15) is 44.6 Å². The van der Waals surface area contributed by atoms with E-state index in [1.165, 1.54) is 19.3 Å². The fourth-order valence-electron chi connectivity index (χ4n) is 3.76. The van der Waals surface area contributed by atoms with E-state index in [0.717, 1.165) is 38.0 Å². The number of hydrogen-bond acceptors (Lipinski definition) is 5. The van der Waals surface area contributed by atoms with Gasteiger partial charge in [-0.2, -0.15) is 5.26 Å². The Morgan fingerprint density at radius 1 is 1.30 bits per heavy atom. The molecule has 1 aliphatic carbocycles. The van der Waals surface area contributed by atoms with Crippen LogP contribution in [0, 0.1) is 17.2 Å². The lowest BCUT2D eigenvalue weighted by molar-refractivity contribution is -0.128. The quantitative estimate of drug-likeness (QED) is 0.798. The molecule has 1 heterocycles. The summed E-state index contributed by atoms with van der Waals surface area (Å²) in [5, 5.41) is 12.0. The summed E-state index contributed by atoms with van der Waals surface area (Å²) >= 11 is 0. The molecule has 0 aromatic heterocycles. The fourth-order valence-corrected chi connectivity index (χ4v) is 3.76. The number of hydrogen-bond donors (Lipinski definition) is 1. The molecule has 2 fully saturated rings. The Bertz CT molecular complexity index is 688. The summed E-state index contributed by atoms with van der Waals surface area (Å²) in [6, 6.07) is 8.36. The van der Waals surface area contributed by atoms with E-state index in [4.69, 9.17) is 14.7 Å². The minimum atomic E-state index is -0.581. The highest BCUT2D eigenvalue weighted by Crippen LogP contribution is 2.30. The van der Waals surface area contributed by atoms with Gasteiger partial charge < -0.3 is 14.8 Å². The average molecular weight is 371 g/mol. The zero-order chi connectivity index (χ0) is 19.2. The van der Waals surface area contributed by atoms with E-state index in [1.807, 2.05) is 18.2 Å². The second-order valence-corrected chi connectivity index (χ2v) is 7.61. The Morgan fingerprint density at radius 3 is 2.70 bits per heavy atom. The highest BCUT2D eigenvalue weighted by molar-refractivity contribution is 5.81. The molecule has 1 N–H and O–H groups in total. The summed E-state index contributed by atoms with van der Waals surface area (Å²) in [7, 11) is 1.60. The van der Waals surface area contributed by atoms with Crippen molar-refractivity contribution in [1.82, 2.24) is 10.2 Å². The SMILES string of the molecule is COc1ccc(CN2CC(C#N)C2)cc1OC(C)C(=O)NC1CCCCC1. The van der Waals surface area contributed by atoms with Crippen molar-refractivity contribution in [2.24, 2.45) is 5.92 Å². The predicted octanol–water partition coefficient (Wildman–Crippen LogP) is 2.87. The molecule has 1 unspecified atom stereocenters. The van der Waals surface area contributed by atoms with Crippen molar-refractivity contribution in [3.8, 4) is 17.6 Å². The van der Waals surface area contributed by atoms with Gasteiger partial charge in [-0.15, -0.1) is 0 Å². The first-order valence-electron chi connectivity index (χ1n) is 9.85. The Labute approximate surface area is 161 Å². The van der Waals surface area contributed by atoms with Crippen LogP contribution in [0.25, 0.3) is 0 Å². The van der Waals surface area contributed by atoms with Crippen molar-refractivity contribution in [1.29, 1.82) is 5.26 Å². The number of rotatable bonds is 7. The molecule has 0 bridgehead atoms. The van der Waals surface area contributed by atoms with Gasteiger partial charge in [0.25, 0.3) is 5.91 Å². The smallest absolute Gasteiger partial charge is 0.260 e. The lowest BCUT2D eigenvalue weighted by Gasteiger charge is -2.35. The number of methoxy groups -OCH3 is 1. The lowest BCUT2D eigenvalue weighted by Crippen LogP contribution is -2.45. The third-order valence-corrected chi connectivity index (χ3v) is 5.40. The molecule has 0 spiro atoms. The summed E-state index contributed by atoms with van der Waals surface area (Å²) in [6.07, 6.45) is 5.14. The topological polar surface area (TPSA) is 74.6 Å². The van der Waals surface area contributed by atoms with Crippen LogP contribution >= 0.6 is 0 Å². The number of nitrogens with zero attached hydrogens (tertiary/aromatic N) is 2. The van der Waals surface area contributed by atoms with Crippen molar-refractivity contribution in [2.75, 3.05) is 20.2 Å². The fraction of sp³-hybridized carbons (Fsp3) is 0.619. The Kier molecular flexibility index (Phi) is 6.57. The van der Waals surface area contributed by atoms with E-state index in [2.05, 4.69) is 16.3 Å². The highest BCUT2D eigenvalue weighted by atomic mass is 16.5. The van der Waals surface area contributed by atoms with Crippen LogP contribution in [0.15, 0.2) is 18.2 Å². The van der Waals surface area contributed by atoms with E-state index in [9.17, 15) is 4.79 Å². The number of carbonyl (C=O) groups is 1. The Balaban J connectivity index is 1.59. The summed E-state index contributed by atoms with van der Waals surface area (Å²) in [4.78, 5) is 14.7. The van der Waals surface area contributed by atoms with Gasteiger partial charge in [0.1, 0.15) is 0 Å². The van der Waals surface area contributed by atoms with Crippen LogP contribution in [0.3, 0.4) is 0 Å². The van der Waals surface area contributed by atoms with Crippen LogP contribution in [0.4, 0.5) is 0 Å². The summed E-state index contributed by atoms with van der Waals surface area (Å²) in [6.45, 7) is 4.15. The molecule has 3 rings (SSSR count). The minimum absolute atomic E-state index is 0.0750. The van der Waals surface area contributed by atoms with Crippen LogP contribution in [-0.2, 0) is 11.3 Å². The Morgan fingerprint density at radius 2 is 2.04 bits per heavy atom. The van der Waals surface area contributed by atoms with Gasteiger partial charge in [-0.05, 0) is 37.5 Å².